The predicted octanol–water partition coefficient (Wildman–Crippen LogP) is 1.99. The molecule has 84 valence electrons. The van der Waals surface area contributed by atoms with Crippen molar-refractivity contribution in [1.82, 2.24) is 4.98 Å². The maximum absolute atomic E-state index is 5.74. The van der Waals surface area contributed by atoms with Gasteiger partial charge in [-0.1, -0.05) is 0 Å². The first-order valence-corrected chi connectivity index (χ1v) is 5.78. The summed E-state index contributed by atoms with van der Waals surface area (Å²) in [5.74, 6) is 1.03. The Morgan fingerprint density at radius 1 is 1.50 bits per heavy atom. The summed E-state index contributed by atoms with van der Waals surface area (Å²) in [5.41, 5.74) is 9.45. The van der Waals surface area contributed by atoms with Crippen molar-refractivity contribution < 1.29 is 4.74 Å². The molecule has 3 heteroatoms. The molecule has 2 heterocycles. The van der Waals surface area contributed by atoms with Crippen molar-refractivity contribution in [3.05, 3.63) is 29.5 Å². The molecule has 0 saturated carbocycles. The summed E-state index contributed by atoms with van der Waals surface area (Å²) < 4.78 is 5.74. The molecule has 1 unspecified atom stereocenters. The van der Waals surface area contributed by atoms with Gasteiger partial charge in [0.25, 0.3) is 0 Å². The second-order valence-corrected chi connectivity index (χ2v) is 4.45. The molecule has 16 heavy (non-hydrogen) atoms. The summed E-state index contributed by atoms with van der Waals surface area (Å²) in [6, 6.07) is 4.21. The van der Waals surface area contributed by atoms with Crippen molar-refractivity contribution in [1.29, 1.82) is 0 Å². The van der Waals surface area contributed by atoms with E-state index in [1.165, 1.54) is 22.0 Å². The number of fused-ring (bicyclic) bond motifs is 3. The van der Waals surface area contributed by atoms with E-state index in [-0.39, 0.29) is 0 Å². The Hall–Kier alpha value is -1.48. The molecule has 0 radical (unpaired) electrons. The van der Waals surface area contributed by atoms with Gasteiger partial charge in [0.05, 0.1) is 5.52 Å². The first-order valence-electron chi connectivity index (χ1n) is 5.78. The lowest BCUT2D eigenvalue weighted by molar-refractivity contribution is 0.254. The number of rotatable bonds is 2. The maximum atomic E-state index is 5.74. The van der Waals surface area contributed by atoms with Crippen molar-refractivity contribution in [2.24, 2.45) is 5.73 Å². The minimum absolute atomic E-state index is 0.293. The van der Waals surface area contributed by atoms with E-state index >= 15 is 0 Å². The number of benzene rings is 1. The Bertz CT molecular complexity index is 530. The summed E-state index contributed by atoms with van der Waals surface area (Å²) in [7, 11) is 0. The molecule has 1 aromatic heterocycles. The highest BCUT2D eigenvalue weighted by Crippen LogP contribution is 2.35. The van der Waals surface area contributed by atoms with Crippen LogP contribution in [0, 0.1) is 0 Å². The Labute approximate surface area is 94.6 Å². The summed E-state index contributed by atoms with van der Waals surface area (Å²) >= 11 is 0. The number of aromatic nitrogens is 1. The first kappa shape index (κ1) is 9.73. The molecule has 1 aliphatic heterocycles. The van der Waals surface area contributed by atoms with Crippen molar-refractivity contribution in [3.8, 4) is 5.75 Å². The van der Waals surface area contributed by atoms with Crippen LogP contribution in [0.15, 0.2) is 18.3 Å². The van der Waals surface area contributed by atoms with E-state index in [0.29, 0.717) is 12.6 Å². The van der Waals surface area contributed by atoms with Crippen molar-refractivity contribution in [3.63, 3.8) is 0 Å². The minimum Gasteiger partial charge on any atom is -0.490 e. The number of nitrogens with two attached hydrogens (primary N) is 1. The summed E-state index contributed by atoms with van der Waals surface area (Å²) in [4.78, 5) is 3.36. The van der Waals surface area contributed by atoms with Crippen LogP contribution in [0.5, 0.6) is 5.75 Å². The SMILES string of the molecule is CC1Cc2c(ccc3c(CCN)c[nH]c23)O1. The van der Waals surface area contributed by atoms with Crippen LogP contribution in [-0.2, 0) is 12.8 Å². The van der Waals surface area contributed by atoms with Gasteiger partial charge < -0.3 is 15.5 Å². The van der Waals surface area contributed by atoms with E-state index in [1.54, 1.807) is 0 Å². The molecular formula is C13H16N2O. The van der Waals surface area contributed by atoms with Crippen LogP contribution < -0.4 is 10.5 Å². The summed E-state index contributed by atoms with van der Waals surface area (Å²) in [5, 5.41) is 1.29. The van der Waals surface area contributed by atoms with Crippen LogP contribution in [0.4, 0.5) is 0 Å². The minimum atomic E-state index is 0.293. The zero-order chi connectivity index (χ0) is 11.1. The molecule has 3 rings (SSSR count). The predicted molar refractivity (Wildman–Crippen MR) is 64.9 cm³/mol. The molecule has 0 spiro atoms. The van der Waals surface area contributed by atoms with Crippen LogP contribution >= 0.6 is 0 Å². The molecule has 3 nitrogen and oxygen atoms in total. The zero-order valence-electron chi connectivity index (χ0n) is 9.42. The van der Waals surface area contributed by atoms with Gasteiger partial charge in [-0.2, -0.15) is 0 Å². The van der Waals surface area contributed by atoms with Gasteiger partial charge in [-0.15, -0.1) is 0 Å². The van der Waals surface area contributed by atoms with Crippen LogP contribution in [-0.4, -0.2) is 17.6 Å². The normalized spacial score (nSPS) is 18.8. The second-order valence-electron chi connectivity index (χ2n) is 4.45. The van der Waals surface area contributed by atoms with Gasteiger partial charge in [-0.05, 0) is 37.6 Å². The highest BCUT2D eigenvalue weighted by molar-refractivity contribution is 5.88. The Morgan fingerprint density at radius 2 is 2.38 bits per heavy atom. The van der Waals surface area contributed by atoms with E-state index < -0.39 is 0 Å². The number of hydrogen-bond donors (Lipinski definition) is 2. The van der Waals surface area contributed by atoms with E-state index in [1.807, 2.05) is 0 Å². The van der Waals surface area contributed by atoms with E-state index in [0.717, 1.165) is 18.6 Å². The number of ether oxygens (including phenoxy) is 1. The number of aromatic amines is 1. The molecule has 1 aromatic carbocycles. The number of nitrogens with one attached hydrogen (secondary N) is 1. The quantitative estimate of drug-likeness (QED) is 0.806. The van der Waals surface area contributed by atoms with Gasteiger partial charge in [0.2, 0.25) is 0 Å². The third-order valence-corrected chi connectivity index (χ3v) is 3.24. The Kier molecular flexibility index (Phi) is 2.14. The molecule has 0 aliphatic carbocycles. The third-order valence-electron chi connectivity index (χ3n) is 3.24. The molecule has 1 atom stereocenters. The molecule has 0 bridgehead atoms. The molecule has 0 amide bonds. The maximum Gasteiger partial charge on any atom is 0.125 e. The van der Waals surface area contributed by atoms with E-state index in [9.17, 15) is 0 Å². The fraction of sp³-hybridized carbons (Fsp3) is 0.385. The summed E-state index contributed by atoms with van der Waals surface area (Å²) in [6.07, 6.45) is 4.28. The van der Waals surface area contributed by atoms with Crippen molar-refractivity contribution >= 4 is 10.9 Å². The lowest BCUT2D eigenvalue weighted by Crippen LogP contribution is -2.05. The third kappa shape index (κ3) is 1.32. The van der Waals surface area contributed by atoms with Gasteiger partial charge in [-0.25, -0.2) is 0 Å². The molecule has 3 N–H and O–H groups in total. The van der Waals surface area contributed by atoms with Crippen LogP contribution in [0.2, 0.25) is 0 Å². The van der Waals surface area contributed by atoms with Crippen molar-refractivity contribution in [2.75, 3.05) is 6.54 Å². The van der Waals surface area contributed by atoms with Gasteiger partial charge >= 0.3 is 0 Å². The molecule has 0 saturated heterocycles. The Morgan fingerprint density at radius 3 is 3.19 bits per heavy atom. The fourth-order valence-corrected chi connectivity index (χ4v) is 2.52. The van der Waals surface area contributed by atoms with E-state index in [2.05, 4.69) is 30.2 Å². The van der Waals surface area contributed by atoms with Gasteiger partial charge in [-0.3, -0.25) is 0 Å². The number of hydrogen-bond acceptors (Lipinski definition) is 2. The molecule has 2 aromatic rings. The van der Waals surface area contributed by atoms with Gasteiger partial charge in [0.15, 0.2) is 0 Å². The smallest absolute Gasteiger partial charge is 0.125 e. The van der Waals surface area contributed by atoms with E-state index in [4.69, 9.17) is 10.5 Å². The average Bonchev–Trinajstić information content (AvgIpc) is 2.81. The average molecular weight is 216 g/mol. The fourth-order valence-electron chi connectivity index (χ4n) is 2.52. The standard InChI is InChI=1S/C13H16N2O/c1-8-6-11-12(16-8)3-2-10-9(4-5-14)7-15-13(10)11/h2-3,7-8,15H,4-6,14H2,1H3. The van der Waals surface area contributed by atoms with Crippen LogP contribution in [0.25, 0.3) is 10.9 Å². The lowest BCUT2D eigenvalue weighted by atomic mass is 10.0. The number of H-pyrrole nitrogens is 1. The molecular weight excluding hydrogens is 200 g/mol. The first-order chi connectivity index (χ1) is 7.79. The molecule has 1 aliphatic rings. The Balaban J connectivity index is 2.17. The highest BCUT2D eigenvalue weighted by atomic mass is 16.5. The van der Waals surface area contributed by atoms with Crippen molar-refractivity contribution in [2.45, 2.75) is 25.9 Å². The highest BCUT2D eigenvalue weighted by Gasteiger charge is 2.22. The largest absolute Gasteiger partial charge is 0.490 e. The van der Waals surface area contributed by atoms with Crippen LogP contribution in [0.3, 0.4) is 0 Å². The monoisotopic (exact) mass is 216 g/mol. The van der Waals surface area contributed by atoms with Gasteiger partial charge in [0, 0.05) is 23.6 Å². The van der Waals surface area contributed by atoms with Crippen LogP contribution in [0.1, 0.15) is 18.1 Å². The lowest BCUT2D eigenvalue weighted by Gasteiger charge is -2.02. The second kappa shape index (κ2) is 3.52. The zero-order valence-corrected chi connectivity index (χ0v) is 9.42. The topological polar surface area (TPSA) is 51.0 Å². The van der Waals surface area contributed by atoms with Gasteiger partial charge in [0.1, 0.15) is 11.9 Å². The summed E-state index contributed by atoms with van der Waals surface area (Å²) in [6.45, 7) is 2.80. The molecule has 0 fully saturated rings.